The first-order valence-corrected chi connectivity index (χ1v) is 10.6. The predicted octanol–water partition coefficient (Wildman–Crippen LogP) is 4.61. The van der Waals surface area contributed by atoms with Gasteiger partial charge in [0, 0.05) is 11.8 Å². The lowest BCUT2D eigenvalue weighted by molar-refractivity contribution is -0.120. The molecule has 0 radical (unpaired) electrons. The van der Waals surface area contributed by atoms with Gasteiger partial charge < -0.3 is 14.8 Å². The molecule has 0 atom stereocenters. The lowest BCUT2D eigenvalue weighted by atomic mass is 9.99. The van der Waals surface area contributed by atoms with Gasteiger partial charge in [-0.2, -0.15) is 0 Å². The van der Waals surface area contributed by atoms with Crippen LogP contribution in [0.3, 0.4) is 0 Å². The van der Waals surface area contributed by atoms with Crippen molar-refractivity contribution in [1.82, 2.24) is 0 Å². The largest absolute Gasteiger partial charge is 0.486 e. The standard InChI is InChI=1S/C26H21FN2O4/c1-15-3-4-17(13-16(15)2)23-24(28-19-7-10-21-22(14-19)33-12-11-32-21)26(31)29(25(23)30)20-8-5-18(27)6-9-20/h3-10,13-14,28H,11-12H2,1-2H3. The van der Waals surface area contributed by atoms with E-state index in [2.05, 4.69) is 5.32 Å². The second-order valence-corrected chi connectivity index (χ2v) is 7.95. The highest BCUT2D eigenvalue weighted by molar-refractivity contribution is 6.46. The maximum atomic E-state index is 13.5. The number of nitrogens with one attached hydrogen (secondary N) is 1. The van der Waals surface area contributed by atoms with E-state index in [1.54, 1.807) is 18.2 Å². The Hall–Kier alpha value is -4.13. The maximum Gasteiger partial charge on any atom is 0.282 e. The summed E-state index contributed by atoms with van der Waals surface area (Å²) in [6, 6.07) is 16.1. The van der Waals surface area contributed by atoms with Crippen molar-refractivity contribution < 1.29 is 23.5 Å². The molecule has 3 aromatic rings. The van der Waals surface area contributed by atoms with Crippen molar-refractivity contribution in [3.05, 3.63) is 88.9 Å². The zero-order valence-electron chi connectivity index (χ0n) is 18.1. The van der Waals surface area contributed by atoms with Crippen LogP contribution in [0.15, 0.2) is 66.4 Å². The maximum absolute atomic E-state index is 13.5. The van der Waals surface area contributed by atoms with Crippen LogP contribution in [0.1, 0.15) is 16.7 Å². The van der Waals surface area contributed by atoms with Crippen molar-refractivity contribution >= 4 is 28.8 Å². The Balaban J connectivity index is 1.60. The molecule has 2 aliphatic rings. The zero-order valence-corrected chi connectivity index (χ0v) is 18.1. The molecule has 1 N–H and O–H groups in total. The second kappa shape index (κ2) is 8.09. The topological polar surface area (TPSA) is 67.9 Å². The van der Waals surface area contributed by atoms with Gasteiger partial charge in [0.05, 0.1) is 11.3 Å². The Kier molecular flexibility index (Phi) is 5.09. The van der Waals surface area contributed by atoms with E-state index in [9.17, 15) is 14.0 Å². The molecular weight excluding hydrogens is 423 g/mol. The van der Waals surface area contributed by atoms with Crippen LogP contribution >= 0.6 is 0 Å². The quantitative estimate of drug-likeness (QED) is 0.596. The number of hydrogen-bond acceptors (Lipinski definition) is 5. The Morgan fingerprint density at radius 2 is 1.55 bits per heavy atom. The molecule has 166 valence electrons. The van der Waals surface area contributed by atoms with Crippen LogP contribution in [0, 0.1) is 19.7 Å². The number of hydrogen-bond donors (Lipinski definition) is 1. The normalized spacial score (nSPS) is 15.3. The molecule has 0 aliphatic carbocycles. The number of benzene rings is 3. The highest BCUT2D eigenvalue weighted by Gasteiger charge is 2.40. The van der Waals surface area contributed by atoms with Crippen LogP contribution in [0.2, 0.25) is 0 Å². The molecule has 2 aliphatic heterocycles. The molecule has 0 saturated heterocycles. The summed E-state index contributed by atoms with van der Waals surface area (Å²) in [4.78, 5) is 28.0. The predicted molar refractivity (Wildman–Crippen MR) is 123 cm³/mol. The molecule has 6 nitrogen and oxygen atoms in total. The molecule has 0 fully saturated rings. The van der Waals surface area contributed by atoms with E-state index in [1.807, 2.05) is 32.0 Å². The number of aryl methyl sites for hydroxylation is 2. The number of amides is 2. The smallest absolute Gasteiger partial charge is 0.282 e. The molecule has 0 bridgehead atoms. The lowest BCUT2D eigenvalue weighted by Crippen LogP contribution is -2.32. The summed E-state index contributed by atoms with van der Waals surface area (Å²) >= 11 is 0. The molecule has 2 heterocycles. The monoisotopic (exact) mass is 444 g/mol. The lowest BCUT2D eigenvalue weighted by Gasteiger charge is -2.19. The van der Waals surface area contributed by atoms with Crippen molar-refractivity contribution in [2.75, 3.05) is 23.4 Å². The Morgan fingerprint density at radius 3 is 2.27 bits per heavy atom. The number of carbonyl (C=O) groups excluding carboxylic acids is 2. The molecule has 0 spiro atoms. The third kappa shape index (κ3) is 3.71. The second-order valence-electron chi connectivity index (χ2n) is 7.95. The Bertz CT molecular complexity index is 1310. The van der Waals surface area contributed by atoms with E-state index >= 15 is 0 Å². The van der Waals surface area contributed by atoms with E-state index < -0.39 is 17.6 Å². The summed E-state index contributed by atoms with van der Waals surface area (Å²) in [6.45, 7) is 4.84. The summed E-state index contributed by atoms with van der Waals surface area (Å²) in [6.07, 6.45) is 0. The summed E-state index contributed by atoms with van der Waals surface area (Å²) in [5, 5.41) is 3.12. The summed E-state index contributed by atoms with van der Waals surface area (Å²) in [7, 11) is 0. The van der Waals surface area contributed by atoms with Crippen molar-refractivity contribution in [3.63, 3.8) is 0 Å². The van der Waals surface area contributed by atoms with E-state index in [1.165, 1.54) is 24.3 Å². The number of halogens is 1. The van der Waals surface area contributed by atoms with Gasteiger partial charge in [-0.15, -0.1) is 0 Å². The molecule has 3 aromatic carbocycles. The van der Waals surface area contributed by atoms with E-state index in [-0.39, 0.29) is 11.3 Å². The van der Waals surface area contributed by atoms with Gasteiger partial charge in [0.2, 0.25) is 0 Å². The van der Waals surface area contributed by atoms with Gasteiger partial charge in [-0.3, -0.25) is 9.59 Å². The average Bonchev–Trinajstić information content (AvgIpc) is 3.05. The van der Waals surface area contributed by atoms with E-state index in [0.29, 0.717) is 41.7 Å². The number of anilines is 2. The van der Waals surface area contributed by atoms with Crippen molar-refractivity contribution in [2.24, 2.45) is 0 Å². The van der Waals surface area contributed by atoms with Crippen LogP contribution in [-0.2, 0) is 9.59 Å². The average molecular weight is 444 g/mol. The molecule has 2 amide bonds. The fourth-order valence-corrected chi connectivity index (χ4v) is 3.90. The first-order valence-electron chi connectivity index (χ1n) is 10.6. The van der Waals surface area contributed by atoms with Gasteiger partial charge in [0.25, 0.3) is 11.8 Å². The third-order valence-corrected chi connectivity index (χ3v) is 5.78. The minimum atomic E-state index is -0.519. The Morgan fingerprint density at radius 1 is 0.818 bits per heavy atom. The molecule has 0 unspecified atom stereocenters. The number of nitrogens with zero attached hydrogens (tertiary/aromatic N) is 1. The summed E-state index contributed by atoms with van der Waals surface area (Å²) < 4.78 is 24.7. The highest BCUT2D eigenvalue weighted by Crippen LogP contribution is 2.37. The van der Waals surface area contributed by atoms with Gasteiger partial charge in [0.15, 0.2) is 11.5 Å². The first kappa shape index (κ1) is 20.8. The van der Waals surface area contributed by atoms with Crippen molar-refractivity contribution in [3.8, 4) is 11.5 Å². The number of fused-ring (bicyclic) bond motifs is 1. The fourth-order valence-electron chi connectivity index (χ4n) is 3.90. The van der Waals surface area contributed by atoms with Gasteiger partial charge >= 0.3 is 0 Å². The first-order chi connectivity index (χ1) is 15.9. The molecule has 33 heavy (non-hydrogen) atoms. The molecule has 0 saturated carbocycles. The van der Waals surface area contributed by atoms with Gasteiger partial charge in [-0.05, 0) is 66.9 Å². The highest BCUT2D eigenvalue weighted by atomic mass is 19.1. The van der Waals surface area contributed by atoms with Crippen LogP contribution in [0.4, 0.5) is 15.8 Å². The third-order valence-electron chi connectivity index (χ3n) is 5.78. The van der Waals surface area contributed by atoms with E-state index in [0.717, 1.165) is 16.0 Å². The zero-order chi connectivity index (χ0) is 23.1. The molecular formula is C26H21FN2O4. The molecule has 0 aromatic heterocycles. The summed E-state index contributed by atoms with van der Waals surface area (Å²) in [5.41, 5.74) is 3.98. The van der Waals surface area contributed by atoms with E-state index in [4.69, 9.17) is 9.47 Å². The van der Waals surface area contributed by atoms with Gasteiger partial charge in [-0.1, -0.05) is 18.2 Å². The van der Waals surface area contributed by atoms with Crippen LogP contribution in [0.5, 0.6) is 11.5 Å². The Labute approximate surface area is 190 Å². The SMILES string of the molecule is Cc1ccc(C2=C(Nc3ccc4c(c3)OCCO4)C(=O)N(c3ccc(F)cc3)C2=O)cc1C. The van der Waals surface area contributed by atoms with Crippen molar-refractivity contribution in [2.45, 2.75) is 13.8 Å². The van der Waals surface area contributed by atoms with Crippen LogP contribution in [-0.4, -0.2) is 25.0 Å². The number of imide groups is 1. The summed E-state index contributed by atoms with van der Waals surface area (Å²) in [5.74, 6) is -0.261. The van der Waals surface area contributed by atoms with Crippen molar-refractivity contribution in [1.29, 1.82) is 0 Å². The van der Waals surface area contributed by atoms with Crippen LogP contribution < -0.4 is 19.7 Å². The molecule has 7 heteroatoms. The fraction of sp³-hybridized carbons (Fsp3) is 0.154. The number of rotatable bonds is 4. The van der Waals surface area contributed by atoms with Gasteiger partial charge in [0.1, 0.15) is 24.7 Å². The molecule has 5 rings (SSSR count). The van der Waals surface area contributed by atoms with Gasteiger partial charge in [-0.25, -0.2) is 9.29 Å². The minimum absolute atomic E-state index is 0.143. The van der Waals surface area contributed by atoms with Crippen LogP contribution in [0.25, 0.3) is 5.57 Å². The number of ether oxygens (including phenoxy) is 2. The minimum Gasteiger partial charge on any atom is -0.486 e. The number of carbonyl (C=O) groups is 2.